The molecule has 0 unspecified atom stereocenters. The number of carbonyl (C=O) groups is 4. The minimum Gasteiger partial charge on any atom is -0.481 e. The highest BCUT2D eigenvalue weighted by Crippen LogP contribution is 2.54. The lowest BCUT2D eigenvalue weighted by Gasteiger charge is -2.30. The van der Waals surface area contributed by atoms with E-state index in [1.165, 1.54) is 4.90 Å². The van der Waals surface area contributed by atoms with E-state index in [0.717, 1.165) is 16.7 Å². The van der Waals surface area contributed by atoms with Gasteiger partial charge in [-0.1, -0.05) is 48.0 Å². The molecule has 3 N–H and O–H groups in total. The first-order valence-corrected chi connectivity index (χ1v) is 11.6. The second-order valence-electron chi connectivity index (χ2n) is 9.52. The van der Waals surface area contributed by atoms with E-state index in [2.05, 4.69) is 10.6 Å². The number of hydrogen-bond acceptors (Lipinski definition) is 5. The normalized spacial score (nSPS) is 27.3. The Morgan fingerprint density at radius 3 is 2.53 bits per heavy atom. The van der Waals surface area contributed by atoms with Gasteiger partial charge in [0.15, 0.2) is 0 Å². The summed E-state index contributed by atoms with van der Waals surface area (Å²) in [5, 5.41) is 15.5. The minimum absolute atomic E-state index is 0.150. The van der Waals surface area contributed by atoms with Crippen molar-refractivity contribution in [3.05, 3.63) is 64.7 Å². The molecular formula is C26H27N3O5. The number of nitrogens with one attached hydrogen (secondary N) is 2. The van der Waals surface area contributed by atoms with Crippen LogP contribution < -0.4 is 10.6 Å². The molecule has 34 heavy (non-hydrogen) atoms. The van der Waals surface area contributed by atoms with Gasteiger partial charge in [-0.25, -0.2) is 0 Å². The molecule has 3 aliphatic heterocycles. The summed E-state index contributed by atoms with van der Waals surface area (Å²) in [6.45, 7) is 4.04. The zero-order valence-electron chi connectivity index (χ0n) is 19.1. The summed E-state index contributed by atoms with van der Waals surface area (Å²) < 4.78 is 0. The summed E-state index contributed by atoms with van der Waals surface area (Å²) in [6, 6.07) is 12.8. The zero-order valence-corrected chi connectivity index (χ0v) is 19.1. The van der Waals surface area contributed by atoms with Gasteiger partial charge >= 0.3 is 5.97 Å². The largest absolute Gasteiger partial charge is 0.481 e. The maximum atomic E-state index is 13.8. The van der Waals surface area contributed by atoms with Gasteiger partial charge in [0.1, 0.15) is 5.54 Å². The van der Waals surface area contributed by atoms with Gasteiger partial charge in [-0.05, 0) is 37.8 Å². The monoisotopic (exact) mass is 461 g/mol. The number of rotatable bonds is 6. The average molecular weight is 462 g/mol. The van der Waals surface area contributed by atoms with Crippen molar-refractivity contribution in [1.29, 1.82) is 0 Å². The van der Waals surface area contributed by atoms with Crippen molar-refractivity contribution in [1.82, 2.24) is 10.2 Å². The molecule has 0 saturated carbocycles. The van der Waals surface area contributed by atoms with Gasteiger partial charge in [0.05, 0.1) is 11.8 Å². The van der Waals surface area contributed by atoms with Crippen LogP contribution in [0, 0.1) is 25.7 Å². The number of aryl methyl sites for hydroxylation is 2. The van der Waals surface area contributed by atoms with E-state index in [9.17, 15) is 24.3 Å². The van der Waals surface area contributed by atoms with Crippen LogP contribution in [0.2, 0.25) is 0 Å². The lowest BCUT2D eigenvalue weighted by Crippen LogP contribution is -2.53. The number of carboxylic acid groups (broad SMARTS) is 1. The summed E-state index contributed by atoms with van der Waals surface area (Å²) in [4.78, 5) is 53.4. The molecule has 0 aliphatic carbocycles. The van der Waals surface area contributed by atoms with E-state index in [4.69, 9.17) is 0 Å². The molecule has 3 amide bonds. The molecule has 0 bridgehead atoms. The average Bonchev–Trinajstić information content (AvgIpc) is 3.37. The van der Waals surface area contributed by atoms with E-state index in [-0.39, 0.29) is 37.1 Å². The second kappa shape index (κ2) is 8.06. The van der Waals surface area contributed by atoms with Gasteiger partial charge < -0.3 is 10.4 Å². The van der Waals surface area contributed by atoms with Crippen LogP contribution in [0.25, 0.3) is 0 Å². The quantitative estimate of drug-likeness (QED) is 0.568. The van der Waals surface area contributed by atoms with Crippen LogP contribution >= 0.6 is 0 Å². The lowest BCUT2D eigenvalue weighted by atomic mass is 9.75. The summed E-state index contributed by atoms with van der Waals surface area (Å²) in [5.74, 6) is -3.78. The molecule has 0 aromatic heterocycles. The molecule has 176 valence electrons. The summed E-state index contributed by atoms with van der Waals surface area (Å²) in [5.41, 5.74) is 2.75. The number of imide groups is 1. The van der Waals surface area contributed by atoms with Crippen molar-refractivity contribution in [2.75, 3.05) is 11.9 Å². The molecule has 2 saturated heterocycles. The molecule has 2 aromatic carbocycles. The first kappa shape index (κ1) is 22.3. The predicted octanol–water partition coefficient (Wildman–Crippen LogP) is 2.13. The Morgan fingerprint density at radius 1 is 1.09 bits per heavy atom. The summed E-state index contributed by atoms with van der Waals surface area (Å²) in [7, 11) is 0. The van der Waals surface area contributed by atoms with E-state index in [1.807, 2.05) is 56.3 Å². The fourth-order valence-corrected chi connectivity index (χ4v) is 5.95. The predicted molar refractivity (Wildman–Crippen MR) is 124 cm³/mol. The number of fused-ring (bicyclic) bond motifs is 4. The molecule has 3 heterocycles. The van der Waals surface area contributed by atoms with Crippen molar-refractivity contribution in [2.24, 2.45) is 11.8 Å². The van der Waals surface area contributed by atoms with Gasteiger partial charge in [0, 0.05) is 30.3 Å². The number of likely N-dealkylation sites (tertiary alicyclic amines) is 1. The van der Waals surface area contributed by atoms with Crippen LogP contribution in [-0.2, 0) is 31.1 Å². The van der Waals surface area contributed by atoms with Gasteiger partial charge in [0.2, 0.25) is 17.7 Å². The number of benzene rings is 2. The smallest absolute Gasteiger partial charge is 0.303 e. The number of carboxylic acids is 1. The summed E-state index contributed by atoms with van der Waals surface area (Å²) in [6.07, 6.45) is 0.500. The van der Waals surface area contributed by atoms with E-state index < -0.39 is 29.4 Å². The maximum absolute atomic E-state index is 13.8. The van der Waals surface area contributed by atoms with Crippen LogP contribution in [0.3, 0.4) is 0 Å². The first-order chi connectivity index (χ1) is 16.2. The molecule has 8 nitrogen and oxygen atoms in total. The highest BCUT2D eigenvalue weighted by atomic mass is 16.4. The number of nitrogens with zero attached hydrogens (tertiary/aromatic N) is 1. The molecular weight excluding hydrogens is 434 g/mol. The van der Waals surface area contributed by atoms with Gasteiger partial charge in [-0.3, -0.25) is 29.4 Å². The van der Waals surface area contributed by atoms with Crippen molar-refractivity contribution >= 4 is 29.4 Å². The highest BCUT2D eigenvalue weighted by Gasteiger charge is 2.70. The Labute approximate surface area is 197 Å². The fraction of sp³-hybridized carbons (Fsp3) is 0.385. The SMILES string of the molecule is Cc1cc(C)c2c(c1)[C@@]1(N[C@@H](CCC(=O)O)[C@H]3C(=O)N(CCc4ccccc4)C(=O)[C@H]31)C(=O)N2. The molecule has 4 atom stereocenters. The molecule has 5 rings (SSSR count). The van der Waals surface area contributed by atoms with E-state index >= 15 is 0 Å². The Morgan fingerprint density at radius 2 is 1.82 bits per heavy atom. The molecule has 1 spiro atoms. The van der Waals surface area contributed by atoms with Crippen molar-refractivity contribution < 1.29 is 24.3 Å². The number of carbonyl (C=O) groups excluding carboxylic acids is 3. The van der Waals surface area contributed by atoms with Crippen LogP contribution in [0.1, 0.15) is 35.1 Å². The maximum Gasteiger partial charge on any atom is 0.303 e. The Hall–Kier alpha value is -3.52. The number of anilines is 1. The Bertz CT molecular complexity index is 1210. The van der Waals surface area contributed by atoms with Crippen molar-refractivity contribution in [3.63, 3.8) is 0 Å². The van der Waals surface area contributed by atoms with Crippen LogP contribution in [0.5, 0.6) is 0 Å². The second-order valence-corrected chi connectivity index (χ2v) is 9.52. The zero-order chi connectivity index (χ0) is 24.2. The van der Waals surface area contributed by atoms with Crippen molar-refractivity contribution in [3.8, 4) is 0 Å². The molecule has 8 heteroatoms. The molecule has 0 radical (unpaired) electrons. The number of hydrogen-bond donors (Lipinski definition) is 3. The third-order valence-corrected chi connectivity index (χ3v) is 7.39. The van der Waals surface area contributed by atoms with Gasteiger partial charge in [0.25, 0.3) is 0 Å². The van der Waals surface area contributed by atoms with Crippen molar-refractivity contribution in [2.45, 2.75) is 44.7 Å². The fourth-order valence-electron chi connectivity index (χ4n) is 5.95. The van der Waals surface area contributed by atoms with Gasteiger partial charge in [-0.2, -0.15) is 0 Å². The highest BCUT2D eigenvalue weighted by molar-refractivity contribution is 6.15. The standard InChI is InChI=1S/C26H27N3O5/c1-14-12-15(2)22-17(13-14)26(25(34)27-22)21-20(18(28-26)8-9-19(30)31)23(32)29(24(21)33)11-10-16-6-4-3-5-7-16/h3-7,12-13,18,20-21,28H,8-11H2,1-2H3,(H,27,34)(H,30,31)/t18-,20+,21-,26-/m0/s1. The van der Waals surface area contributed by atoms with Crippen LogP contribution in [-0.4, -0.2) is 46.3 Å². The third kappa shape index (κ3) is 3.24. The Balaban J connectivity index is 1.55. The Kier molecular flexibility index (Phi) is 5.28. The third-order valence-electron chi connectivity index (χ3n) is 7.39. The van der Waals surface area contributed by atoms with Crippen LogP contribution in [0.15, 0.2) is 42.5 Å². The molecule has 2 fully saturated rings. The van der Waals surface area contributed by atoms with Crippen LogP contribution in [0.4, 0.5) is 5.69 Å². The van der Waals surface area contributed by atoms with E-state index in [0.29, 0.717) is 17.7 Å². The first-order valence-electron chi connectivity index (χ1n) is 11.6. The lowest BCUT2D eigenvalue weighted by molar-refractivity contribution is -0.143. The van der Waals surface area contributed by atoms with Gasteiger partial charge in [-0.15, -0.1) is 0 Å². The summed E-state index contributed by atoms with van der Waals surface area (Å²) >= 11 is 0. The van der Waals surface area contributed by atoms with E-state index in [1.54, 1.807) is 0 Å². The number of aliphatic carboxylic acids is 1. The number of amides is 3. The molecule has 2 aromatic rings. The topological polar surface area (TPSA) is 116 Å². The molecule has 3 aliphatic rings. The minimum atomic E-state index is -1.39.